The molecule has 0 aromatic carbocycles. The number of hydrogen-bond acceptors (Lipinski definition) is 5. The molecular formula is C13H26N2O4. The zero-order valence-corrected chi connectivity index (χ0v) is 12.5. The van der Waals surface area contributed by atoms with Crippen LogP contribution in [-0.2, 0) is 14.3 Å². The smallest absolute Gasteiger partial charge is 0.323 e. The highest BCUT2D eigenvalue weighted by molar-refractivity contribution is 5.76. The third-order valence-electron chi connectivity index (χ3n) is 2.96. The lowest BCUT2D eigenvalue weighted by atomic mass is 10.0. The fraction of sp³-hybridized carbons (Fsp3) is 0.846. The summed E-state index contributed by atoms with van der Waals surface area (Å²) in [5.41, 5.74) is 5.77. The molecule has 0 aliphatic rings. The summed E-state index contributed by atoms with van der Waals surface area (Å²) in [7, 11) is 5.68. The predicted octanol–water partition coefficient (Wildman–Crippen LogP) is -0.882. The van der Waals surface area contributed by atoms with Gasteiger partial charge in [-0.05, 0) is 5.92 Å². The first-order valence-corrected chi connectivity index (χ1v) is 6.53. The third kappa shape index (κ3) is 7.79. The van der Waals surface area contributed by atoms with Crippen LogP contribution in [0.3, 0.4) is 0 Å². The Bertz CT molecular complexity index is 312. The van der Waals surface area contributed by atoms with Gasteiger partial charge in [-0.15, -0.1) is 0 Å². The second-order valence-corrected chi connectivity index (χ2v) is 6.02. The Kier molecular flexibility index (Phi) is 7.00. The van der Waals surface area contributed by atoms with Crippen LogP contribution in [0.2, 0.25) is 0 Å². The van der Waals surface area contributed by atoms with Gasteiger partial charge >= 0.3 is 5.97 Å². The molecule has 0 radical (unpaired) electrons. The minimum absolute atomic E-state index is 0.000213. The lowest BCUT2D eigenvalue weighted by molar-refractivity contribution is -0.873. The molecule has 0 rings (SSSR count). The maximum atomic E-state index is 11.9. The largest absolute Gasteiger partial charge is 0.550 e. The van der Waals surface area contributed by atoms with E-state index in [-0.39, 0.29) is 12.3 Å². The van der Waals surface area contributed by atoms with E-state index in [1.165, 1.54) is 0 Å². The molecule has 0 saturated heterocycles. The van der Waals surface area contributed by atoms with E-state index in [9.17, 15) is 14.7 Å². The summed E-state index contributed by atoms with van der Waals surface area (Å²) < 4.78 is 5.71. The average molecular weight is 274 g/mol. The third-order valence-corrected chi connectivity index (χ3v) is 2.96. The first kappa shape index (κ1) is 17.9. The fourth-order valence-electron chi connectivity index (χ4n) is 1.67. The molecule has 0 saturated carbocycles. The Balaban J connectivity index is 4.63. The van der Waals surface area contributed by atoms with Crippen molar-refractivity contribution in [2.24, 2.45) is 11.7 Å². The highest BCUT2D eigenvalue weighted by atomic mass is 16.5. The summed E-state index contributed by atoms with van der Waals surface area (Å²) in [4.78, 5) is 22.5. The molecule has 0 heterocycles. The van der Waals surface area contributed by atoms with Crippen LogP contribution in [0.4, 0.5) is 0 Å². The SMILES string of the molecule is CC[C@H](C)[C@H](N)C(=O)O[C@H](CC(=O)[O-])C[N+](C)(C)C. The van der Waals surface area contributed by atoms with E-state index < -0.39 is 24.1 Å². The van der Waals surface area contributed by atoms with Crippen molar-refractivity contribution >= 4 is 11.9 Å². The van der Waals surface area contributed by atoms with Crippen LogP contribution in [0.1, 0.15) is 26.7 Å². The van der Waals surface area contributed by atoms with Crippen molar-refractivity contribution < 1.29 is 23.9 Å². The van der Waals surface area contributed by atoms with Gasteiger partial charge in [0, 0.05) is 12.4 Å². The van der Waals surface area contributed by atoms with Crippen molar-refractivity contribution in [1.82, 2.24) is 0 Å². The van der Waals surface area contributed by atoms with Crippen molar-refractivity contribution in [3.05, 3.63) is 0 Å². The molecular weight excluding hydrogens is 248 g/mol. The van der Waals surface area contributed by atoms with Crippen LogP contribution in [0.25, 0.3) is 0 Å². The van der Waals surface area contributed by atoms with Gasteiger partial charge in [0.25, 0.3) is 0 Å². The zero-order valence-electron chi connectivity index (χ0n) is 12.5. The van der Waals surface area contributed by atoms with E-state index in [1.54, 1.807) is 0 Å². The van der Waals surface area contributed by atoms with Crippen LogP contribution >= 0.6 is 0 Å². The van der Waals surface area contributed by atoms with Gasteiger partial charge in [0.05, 0.1) is 21.1 Å². The molecule has 0 aromatic heterocycles. The minimum atomic E-state index is -1.23. The molecule has 0 aromatic rings. The van der Waals surface area contributed by atoms with E-state index >= 15 is 0 Å². The average Bonchev–Trinajstić information content (AvgIpc) is 2.23. The Hall–Kier alpha value is -1.14. The number of carbonyl (C=O) groups excluding carboxylic acids is 2. The molecule has 0 amide bonds. The standard InChI is InChI=1S/C13H26N2O4/c1-6-9(2)12(14)13(18)19-10(7-11(16)17)8-15(3,4)5/h9-10,12H,6-8,14H2,1-5H3/t9-,10+,12-/m0/s1. The Labute approximate surface area is 115 Å². The quantitative estimate of drug-likeness (QED) is 0.458. The van der Waals surface area contributed by atoms with Crippen LogP contribution in [0.5, 0.6) is 0 Å². The van der Waals surface area contributed by atoms with E-state index in [4.69, 9.17) is 10.5 Å². The molecule has 0 aliphatic carbocycles. The minimum Gasteiger partial charge on any atom is -0.550 e. The predicted molar refractivity (Wildman–Crippen MR) is 69.8 cm³/mol. The normalized spacial score (nSPS) is 16.5. The van der Waals surface area contributed by atoms with E-state index in [1.807, 2.05) is 35.0 Å². The number of carboxylic acid groups (broad SMARTS) is 1. The van der Waals surface area contributed by atoms with E-state index in [2.05, 4.69) is 0 Å². The summed E-state index contributed by atoms with van der Waals surface area (Å²) in [6.07, 6.45) is -0.266. The highest BCUT2D eigenvalue weighted by Crippen LogP contribution is 2.11. The van der Waals surface area contributed by atoms with Gasteiger partial charge in [0.15, 0.2) is 6.10 Å². The molecule has 0 bridgehead atoms. The Morgan fingerprint density at radius 3 is 2.21 bits per heavy atom. The highest BCUT2D eigenvalue weighted by Gasteiger charge is 2.27. The van der Waals surface area contributed by atoms with Crippen molar-refractivity contribution in [3.8, 4) is 0 Å². The Morgan fingerprint density at radius 1 is 1.32 bits per heavy atom. The lowest BCUT2D eigenvalue weighted by Crippen LogP contribution is -2.47. The first-order chi connectivity index (χ1) is 8.56. The number of carbonyl (C=O) groups is 2. The number of ether oxygens (including phenoxy) is 1. The molecule has 112 valence electrons. The van der Waals surface area contributed by atoms with Crippen LogP contribution < -0.4 is 10.8 Å². The maximum absolute atomic E-state index is 11.9. The Morgan fingerprint density at radius 2 is 1.84 bits per heavy atom. The van der Waals surface area contributed by atoms with Crippen molar-refractivity contribution in [2.75, 3.05) is 27.7 Å². The lowest BCUT2D eigenvalue weighted by Gasteiger charge is -2.30. The fourth-order valence-corrected chi connectivity index (χ4v) is 1.67. The van der Waals surface area contributed by atoms with Crippen LogP contribution in [-0.4, -0.2) is 56.3 Å². The molecule has 6 nitrogen and oxygen atoms in total. The summed E-state index contributed by atoms with van der Waals surface area (Å²) in [5.74, 6) is -1.78. The number of carboxylic acids is 1. The van der Waals surface area contributed by atoms with Gasteiger partial charge in [-0.25, -0.2) is 0 Å². The van der Waals surface area contributed by atoms with Crippen LogP contribution in [0.15, 0.2) is 0 Å². The summed E-state index contributed by atoms with van der Waals surface area (Å²) in [6.45, 7) is 4.19. The molecule has 6 heteroatoms. The summed E-state index contributed by atoms with van der Waals surface area (Å²) in [5, 5.41) is 10.7. The van der Waals surface area contributed by atoms with E-state index in [0.29, 0.717) is 11.0 Å². The number of likely N-dealkylation sites (N-methyl/N-ethyl adjacent to an activating group) is 1. The number of nitrogens with zero attached hydrogens (tertiary/aromatic N) is 1. The van der Waals surface area contributed by atoms with Gasteiger partial charge in [-0.2, -0.15) is 0 Å². The van der Waals surface area contributed by atoms with Crippen molar-refractivity contribution in [2.45, 2.75) is 38.8 Å². The van der Waals surface area contributed by atoms with Gasteiger partial charge in [0.1, 0.15) is 12.6 Å². The monoisotopic (exact) mass is 274 g/mol. The second kappa shape index (κ2) is 7.45. The van der Waals surface area contributed by atoms with Gasteiger partial charge in [0.2, 0.25) is 0 Å². The van der Waals surface area contributed by atoms with E-state index in [0.717, 1.165) is 6.42 Å². The topological polar surface area (TPSA) is 92.5 Å². The molecule has 3 atom stereocenters. The van der Waals surface area contributed by atoms with Crippen LogP contribution in [0, 0.1) is 5.92 Å². The number of aliphatic carboxylic acids is 1. The number of nitrogens with two attached hydrogens (primary N) is 1. The zero-order chi connectivity index (χ0) is 15.2. The van der Waals surface area contributed by atoms with Gasteiger partial charge in [-0.3, -0.25) is 4.79 Å². The van der Waals surface area contributed by atoms with Crippen molar-refractivity contribution in [1.29, 1.82) is 0 Å². The number of hydrogen-bond donors (Lipinski definition) is 1. The van der Waals surface area contributed by atoms with Gasteiger partial charge < -0.3 is 24.9 Å². The van der Waals surface area contributed by atoms with Crippen molar-refractivity contribution in [3.63, 3.8) is 0 Å². The molecule has 2 N–H and O–H groups in total. The van der Waals surface area contributed by atoms with Gasteiger partial charge in [-0.1, -0.05) is 20.3 Å². The number of quaternary nitrogens is 1. The molecule has 19 heavy (non-hydrogen) atoms. The molecule has 0 unspecified atom stereocenters. The maximum Gasteiger partial charge on any atom is 0.323 e. The second-order valence-electron chi connectivity index (χ2n) is 6.02. The summed E-state index contributed by atoms with van der Waals surface area (Å²) in [6, 6.07) is -0.721. The molecule has 0 fully saturated rings. The molecule has 0 aliphatic heterocycles. The number of rotatable bonds is 8. The number of esters is 1. The first-order valence-electron chi connectivity index (χ1n) is 6.53. The summed E-state index contributed by atoms with van der Waals surface area (Å²) >= 11 is 0. The molecule has 0 spiro atoms.